The maximum absolute atomic E-state index is 10.3. The second-order valence-electron chi connectivity index (χ2n) is 3.87. The Morgan fingerprint density at radius 2 is 2.23 bits per heavy atom. The Morgan fingerprint density at radius 1 is 1.54 bits per heavy atom. The molecule has 1 saturated heterocycles. The molecule has 13 heavy (non-hydrogen) atoms. The number of carbonyl (C=O) groups is 1. The van der Waals surface area contributed by atoms with Crippen molar-refractivity contribution in [2.45, 2.75) is 32.7 Å². The van der Waals surface area contributed by atoms with Gasteiger partial charge in [0.2, 0.25) is 0 Å². The Balaban J connectivity index is 2.46. The highest BCUT2D eigenvalue weighted by molar-refractivity contribution is 5.79. The minimum atomic E-state index is -0.870. The van der Waals surface area contributed by atoms with Gasteiger partial charge in [0.05, 0.1) is 0 Å². The van der Waals surface area contributed by atoms with Crippen LogP contribution < -0.4 is 0 Å². The Hall–Kier alpha value is -0.990. The van der Waals surface area contributed by atoms with E-state index in [1.54, 1.807) is 6.20 Å². The van der Waals surface area contributed by atoms with E-state index >= 15 is 0 Å². The summed E-state index contributed by atoms with van der Waals surface area (Å²) in [6.45, 7) is 5.36. The lowest BCUT2D eigenvalue weighted by molar-refractivity contribution is -0.131. The molecule has 3 nitrogen and oxygen atoms in total. The summed E-state index contributed by atoms with van der Waals surface area (Å²) in [4.78, 5) is 12.4. The predicted octanol–water partition coefficient (Wildman–Crippen LogP) is 1.71. The van der Waals surface area contributed by atoms with Crippen LogP contribution in [0, 0.1) is 5.92 Å². The van der Waals surface area contributed by atoms with Crippen molar-refractivity contribution in [2.75, 3.05) is 6.54 Å². The zero-order valence-electron chi connectivity index (χ0n) is 8.23. The summed E-state index contributed by atoms with van der Waals surface area (Å²) in [7, 11) is 0. The highest BCUT2D eigenvalue weighted by Crippen LogP contribution is 2.21. The van der Waals surface area contributed by atoms with Gasteiger partial charge in [-0.05, 0) is 25.7 Å². The number of carboxylic acids is 1. The molecule has 0 aromatic rings. The Labute approximate surface area is 79.0 Å². The van der Waals surface area contributed by atoms with Gasteiger partial charge in [-0.15, -0.1) is 0 Å². The fourth-order valence-corrected chi connectivity index (χ4v) is 1.81. The third-order valence-corrected chi connectivity index (χ3v) is 2.60. The molecule has 0 aromatic carbocycles. The fourth-order valence-electron chi connectivity index (χ4n) is 1.81. The Kier molecular flexibility index (Phi) is 3.34. The minimum Gasteiger partial charge on any atom is -0.478 e. The number of rotatable bonds is 2. The predicted molar refractivity (Wildman–Crippen MR) is 51.3 cm³/mol. The van der Waals surface area contributed by atoms with Crippen molar-refractivity contribution in [3.05, 3.63) is 12.3 Å². The Morgan fingerprint density at radius 3 is 2.77 bits per heavy atom. The van der Waals surface area contributed by atoms with Gasteiger partial charge in [-0.2, -0.15) is 0 Å². The molecule has 0 spiro atoms. The number of nitrogens with zero attached hydrogens (tertiary/aromatic N) is 1. The minimum absolute atomic E-state index is 0.472. The Bertz CT molecular complexity index is 213. The summed E-state index contributed by atoms with van der Waals surface area (Å²) in [5, 5.41) is 8.47. The van der Waals surface area contributed by atoms with E-state index in [2.05, 4.69) is 18.7 Å². The van der Waals surface area contributed by atoms with Gasteiger partial charge in [-0.25, -0.2) is 4.79 Å². The third kappa shape index (κ3) is 3.09. The van der Waals surface area contributed by atoms with E-state index in [1.165, 1.54) is 6.08 Å². The molecule has 1 fully saturated rings. The topological polar surface area (TPSA) is 40.5 Å². The van der Waals surface area contributed by atoms with Gasteiger partial charge in [0.15, 0.2) is 0 Å². The highest BCUT2D eigenvalue weighted by atomic mass is 16.4. The number of hydrogen-bond donors (Lipinski definition) is 1. The van der Waals surface area contributed by atoms with Gasteiger partial charge in [0, 0.05) is 24.9 Å². The van der Waals surface area contributed by atoms with Gasteiger partial charge in [0.1, 0.15) is 0 Å². The van der Waals surface area contributed by atoms with Crippen LogP contribution in [-0.2, 0) is 4.79 Å². The van der Waals surface area contributed by atoms with Crippen LogP contribution in [0.4, 0.5) is 0 Å². The molecule has 1 heterocycles. The standard InChI is InChI=1S/C10H17NO2/c1-8-3-5-11(9(2)7-8)6-4-10(12)13/h4,6,8-9H,3,5,7H2,1-2H3,(H,12,13). The van der Waals surface area contributed by atoms with E-state index in [4.69, 9.17) is 5.11 Å². The number of carboxylic acid groups (broad SMARTS) is 1. The maximum atomic E-state index is 10.3. The molecule has 74 valence electrons. The van der Waals surface area contributed by atoms with Crippen molar-refractivity contribution >= 4 is 5.97 Å². The summed E-state index contributed by atoms with van der Waals surface area (Å²) in [6.07, 6.45) is 5.23. The van der Waals surface area contributed by atoms with Gasteiger partial charge in [0.25, 0.3) is 0 Å². The zero-order chi connectivity index (χ0) is 9.84. The molecule has 1 N–H and O–H groups in total. The number of piperidine rings is 1. The molecular weight excluding hydrogens is 166 g/mol. The largest absolute Gasteiger partial charge is 0.478 e. The van der Waals surface area contributed by atoms with E-state index < -0.39 is 5.97 Å². The van der Waals surface area contributed by atoms with Crippen LogP contribution in [0.3, 0.4) is 0 Å². The molecule has 1 aliphatic heterocycles. The average molecular weight is 183 g/mol. The molecule has 0 amide bonds. The van der Waals surface area contributed by atoms with Gasteiger partial charge in [-0.3, -0.25) is 0 Å². The molecule has 3 heteroatoms. The first-order valence-electron chi connectivity index (χ1n) is 4.76. The first-order valence-corrected chi connectivity index (χ1v) is 4.76. The van der Waals surface area contributed by atoms with Crippen LogP contribution >= 0.6 is 0 Å². The molecule has 0 saturated carbocycles. The quantitative estimate of drug-likeness (QED) is 0.662. The SMILES string of the molecule is CC1CCN(C=CC(=O)O)C(C)C1. The molecule has 0 bridgehead atoms. The number of hydrogen-bond acceptors (Lipinski definition) is 2. The monoisotopic (exact) mass is 183 g/mol. The summed E-state index contributed by atoms with van der Waals surface area (Å²) in [6, 6.07) is 0.472. The normalized spacial score (nSPS) is 29.5. The van der Waals surface area contributed by atoms with Crippen molar-refractivity contribution in [3.8, 4) is 0 Å². The van der Waals surface area contributed by atoms with Crippen molar-refractivity contribution in [1.29, 1.82) is 0 Å². The van der Waals surface area contributed by atoms with E-state index in [-0.39, 0.29) is 0 Å². The number of likely N-dealkylation sites (tertiary alicyclic amines) is 1. The number of aliphatic carboxylic acids is 1. The molecule has 1 aliphatic rings. The van der Waals surface area contributed by atoms with Crippen molar-refractivity contribution < 1.29 is 9.90 Å². The van der Waals surface area contributed by atoms with E-state index in [1.807, 2.05) is 0 Å². The van der Waals surface area contributed by atoms with Gasteiger partial charge < -0.3 is 10.0 Å². The molecule has 2 unspecified atom stereocenters. The fraction of sp³-hybridized carbons (Fsp3) is 0.700. The molecule has 0 aliphatic carbocycles. The third-order valence-electron chi connectivity index (χ3n) is 2.60. The second kappa shape index (κ2) is 4.30. The lowest BCUT2D eigenvalue weighted by Crippen LogP contribution is -2.36. The maximum Gasteiger partial charge on any atom is 0.329 e. The van der Waals surface area contributed by atoms with E-state index in [0.29, 0.717) is 6.04 Å². The average Bonchev–Trinajstić information content (AvgIpc) is 2.02. The molecule has 1 rings (SSSR count). The van der Waals surface area contributed by atoms with Crippen molar-refractivity contribution in [1.82, 2.24) is 4.90 Å². The first kappa shape index (κ1) is 10.1. The van der Waals surface area contributed by atoms with Crippen LogP contribution in [0.1, 0.15) is 26.7 Å². The van der Waals surface area contributed by atoms with Gasteiger partial charge in [-0.1, -0.05) is 6.92 Å². The lowest BCUT2D eigenvalue weighted by atomic mass is 9.94. The van der Waals surface area contributed by atoms with Crippen molar-refractivity contribution in [2.24, 2.45) is 5.92 Å². The zero-order valence-corrected chi connectivity index (χ0v) is 8.23. The summed E-state index contributed by atoms with van der Waals surface area (Å²) in [5.74, 6) is -0.102. The van der Waals surface area contributed by atoms with E-state index in [9.17, 15) is 4.79 Å². The highest BCUT2D eigenvalue weighted by Gasteiger charge is 2.19. The molecule has 0 aromatic heterocycles. The lowest BCUT2D eigenvalue weighted by Gasteiger charge is -2.35. The van der Waals surface area contributed by atoms with E-state index in [0.717, 1.165) is 25.3 Å². The van der Waals surface area contributed by atoms with Crippen LogP contribution in [-0.4, -0.2) is 28.6 Å². The van der Waals surface area contributed by atoms with Crippen LogP contribution in [0.25, 0.3) is 0 Å². The van der Waals surface area contributed by atoms with Crippen molar-refractivity contribution in [3.63, 3.8) is 0 Å². The molecule has 2 atom stereocenters. The summed E-state index contributed by atoms with van der Waals surface area (Å²) < 4.78 is 0. The second-order valence-corrected chi connectivity index (χ2v) is 3.87. The first-order chi connectivity index (χ1) is 6.09. The van der Waals surface area contributed by atoms with Crippen LogP contribution in [0.15, 0.2) is 12.3 Å². The van der Waals surface area contributed by atoms with Crippen LogP contribution in [0.2, 0.25) is 0 Å². The summed E-state index contributed by atoms with van der Waals surface area (Å²) in [5.41, 5.74) is 0. The van der Waals surface area contributed by atoms with Gasteiger partial charge >= 0.3 is 5.97 Å². The van der Waals surface area contributed by atoms with Crippen LogP contribution in [0.5, 0.6) is 0 Å². The molecule has 0 radical (unpaired) electrons. The smallest absolute Gasteiger partial charge is 0.329 e. The molecular formula is C10H17NO2. The summed E-state index contributed by atoms with van der Waals surface area (Å²) >= 11 is 0.